The smallest absolute Gasteiger partial charge is 0.163 e. The van der Waals surface area contributed by atoms with Crippen LogP contribution in [0.1, 0.15) is 35.2 Å². The first-order valence-corrected chi connectivity index (χ1v) is 11.8. The molecule has 1 aromatic carbocycles. The van der Waals surface area contributed by atoms with Crippen LogP contribution in [-0.2, 0) is 4.74 Å². The predicted octanol–water partition coefficient (Wildman–Crippen LogP) is 4.43. The number of halogens is 1. The van der Waals surface area contributed by atoms with Crippen LogP contribution in [-0.4, -0.2) is 47.3 Å². The Balaban J connectivity index is 1.40. The third-order valence-electron chi connectivity index (χ3n) is 6.25. The minimum atomic E-state index is -1.03. The summed E-state index contributed by atoms with van der Waals surface area (Å²) in [5, 5.41) is 25.2. The summed E-state index contributed by atoms with van der Waals surface area (Å²) in [4.78, 5) is 9.46. The average molecular weight is 496 g/mol. The number of benzene rings is 1. The van der Waals surface area contributed by atoms with Gasteiger partial charge in [-0.3, -0.25) is 4.57 Å². The number of nitrogens with zero attached hydrogens (tertiary/aromatic N) is 8. The van der Waals surface area contributed by atoms with E-state index >= 15 is 0 Å². The molecule has 1 saturated heterocycles. The number of ether oxygens (including phenoxy) is 1. The lowest BCUT2D eigenvalue weighted by molar-refractivity contribution is 0.103. The van der Waals surface area contributed by atoms with Crippen LogP contribution in [0.3, 0.4) is 0 Å². The molecular formula is C26H22FN9O. The Morgan fingerprint density at radius 3 is 2.73 bits per heavy atom. The van der Waals surface area contributed by atoms with Crippen LogP contribution in [0.15, 0.2) is 54.9 Å². The van der Waals surface area contributed by atoms with Crippen molar-refractivity contribution in [1.29, 1.82) is 5.26 Å². The Morgan fingerprint density at radius 2 is 2.00 bits per heavy atom. The molecule has 0 bridgehead atoms. The largest absolute Gasteiger partial charge is 0.370 e. The fourth-order valence-corrected chi connectivity index (χ4v) is 4.44. The molecular weight excluding hydrogens is 473 g/mol. The molecule has 5 aromatic rings. The second kappa shape index (κ2) is 9.07. The van der Waals surface area contributed by atoms with Gasteiger partial charge in [0.25, 0.3) is 0 Å². The van der Waals surface area contributed by atoms with Crippen LogP contribution >= 0.6 is 0 Å². The van der Waals surface area contributed by atoms with Gasteiger partial charge in [-0.05, 0) is 62.4 Å². The zero-order valence-electron chi connectivity index (χ0n) is 20.1. The summed E-state index contributed by atoms with van der Waals surface area (Å²) in [7, 11) is 0. The number of aryl methyl sites for hydroxylation is 2. The van der Waals surface area contributed by atoms with Gasteiger partial charge in [-0.1, -0.05) is 0 Å². The summed E-state index contributed by atoms with van der Waals surface area (Å²) in [6.07, 6.45) is 0.469. The van der Waals surface area contributed by atoms with Gasteiger partial charge in [-0.15, -0.1) is 5.10 Å². The molecule has 5 heterocycles. The van der Waals surface area contributed by atoms with Crippen molar-refractivity contribution in [3.05, 3.63) is 77.5 Å². The lowest BCUT2D eigenvalue weighted by Gasteiger charge is -2.17. The fourth-order valence-electron chi connectivity index (χ4n) is 4.44. The number of aromatic nitrogens is 7. The van der Waals surface area contributed by atoms with Gasteiger partial charge in [0.05, 0.1) is 29.4 Å². The topological polar surface area (TPSA) is 119 Å². The number of nitrogens with one attached hydrogen (secondary N) is 1. The Labute approximate surface area is 211 Å². The van der Waals surface area contributed by atoms with Crippen LogP contribution in [0, 0.1) is 25.2 Å². The monoisotopic (exact) mass is 495 g/mol. The number of alkyl halides is 1. The van der Waals surface area contributed by atoms with Gasteiger partial charge in [0.15, 0.2) is 17.3 Å². The van der Waals surface area contributed by atoms with Crippen LogP contribution in [0.2, 0.25) is 0 Å². The highest BCUT2D eigenvalue weighted by Crippen LogP contribution is 2.34. The molecule has 6 rings (SSSR count). The van der Waals surface area contributed by atoms with Crippen molar-refractivity contribution in [2.75, 3.05) is 11.9 Å². The molecule has 184 valence electrons. The van der Waals surface area contributed by atoms with Crippen molar-refractivity contribution in [3.8, 4) is 17.7 Å². The summed E-state index contributed by atoms with van der Waals surface area (Å²) >= 11 is 0. The van der Waals surface area contributed by atoms with Crippen molar-refractivity contribution in [2.24, 2.45) is 0 Å². The van der Waals surface area contributed by atoms with Crippen molar-refractivity contribution < 1.29 is 9.13 Å². The highest BCUT2D eigenvalue weighted by Gasteiger charge is 2.30. The standard InChI is InChI=1S/C26H22FN9O/c1-15-3-7-24(33-32-15)30-18-4-6-22-21(11-18)29-14-35(22)25-8-5-20(23-10-17(27)13-37-23)26(31-25)36-16(2)9-19(12-28)34-36/h3-9,11,14,17,23H,10,13H2,1-2H3,(H,30,33)/t17-,23+/m0/s1. The SMILES string of the molecule is Cc1ccc(Nc2ccc3c(c2)ncn3-c2ccc([C@H]3C[C@H](F)CO3)c(-n3nc(C#N)cc3C)n2)nn1. The third kappa shape index (κ3) is 4.28. The van der Waals surface area contributed by atoms with E-state index in [9.17, 15) is 9.65 Å². The molecule has 1 aliphatic heterocycles. The van der Waals surface area contributed by atoms with Gasteiger partial charge in [0.2, 0.25) is 0 Å². The van der Waals surface area contributed by atoms with Gasteiger partial charge in [0.1, 0.15) is 24.4 Å². The molecule has 37 heavy (non-hydrogen) atoms. The molecule has 2 atom stereocenters. The minimum Gasteiger partial charge on any atom is -0.370 e. The van der Waals surface area contributed by atoms with E-state index in [-0.39, 0.29) is 18.7 Å². The lowest BCUT2D eigenvalue weighted by Crippen LogP contribution is -2.12. The van der Waals surface area contributed by atoms with E-state index in [1.54, 1.807) is 17.1 Å². The first-order valence-electron chi connectivity index (χ1n) is 11.8. The minimum absolute atomic E-state index is 0.0457. The molecule has 0 spiro atoms. The lowest BCUT2D eigenvalue weighted by atomic mass is 10.1. The molecule has 0 saturated carbocycles. The average Bonchev–Trinajstić information content (AvgIpc) is 3.63. The summed E-state index contributed by atoms with van der Waals surface area (Å²) in [6.45, 7) is 3.78. The molecule has 1 N–H and O–H groups in total. The summed E-state index contributed by atoms with van der Waals surface area (Å²) in [5.74, 6) is 1.74. The first-order chi connectivity index (χ1) is 18.0. The highest BCUT2D eigenvalue weighted by molar-refractivity contribution is 5.82. The van der Waals surface area contributed by atoms with E-state index in [0.717, 1.165) is 33.7 Å². The van der Waals surface area contributed by atoms with E-state index in [4.69, 9.17) is 9.72 Å². The Kier molecular flexibility index (Phi) is 5.58. The summed E-state index contributed by atoms with van der Waals surface area (Å²) < 4.78 is 23.1. The van der Waals surface area contributed by atoms with Crippen molar-refractivity contribution in [2.45, 2.75) is 32.5 Å². The maximum Gasteiger partial charge on any atom is 0.163 e. The molecule has 0 amide bonds. The molecule has 10 nitrogen and oxygen atoms in total. The van der Waals surface area contributed by atoms with Crippen molar-refractivity contribution >= 4 is 22.5 Å². The van der Waals surface area contributed by atoms with Gasteiger partial charge >= 0.3 is 0 Å². The fraction of sp³-hybridized carbons (Fsp3) is 0.231. The van der Waals surface area contributed by atoms with Crippen LogP contribution < -0.4 is 5.32 Å². The molecule has 1 aliphatic rings. The van der Waals surface area contributed by atoms with Crippen LogP contribution in [0.25, 0.3) is 22.7 Å². The van der Waals surface area contributed by atoms with E-state index in [2.05, 4.69) is 31.7 Å². The number of hydrogen-bond donors (Lipinski definition) is 1. The number of pyridine rings is 1. The maximum atomic E-state index is 14.0. The van der Waals surface area contributed by atoms with Crippen LogP contribution in [0.5, 0.6) is 0 Å². The molecule has 4 aromatic heterocycles. The van der Waals surface area contributed by atoms with E-state index in [0.29, 0.717) is 17.5 Å². The Morgan fingerprint density at radius 1 is 1.11 bits per heavy atom. The second-order valence-corrected chi connectivity index (χ2v) is 8.93. The predicted molar refractivity (Wildman–Crippen MR) is 134 cm³/mol. The van der Waals surface area contributed by atoms with Crippen LogP contribution in [0.4, 0.5) is 15.9 Å². The normalized spacial score (nSPS) is 17.2. The second-order valence-electron chi connectivity index (χ2n) is 8.93. The molecule has 1 fully saturated rings. The number of imidazole rings is 1. The summed E-state index contributed by atoms with van der Waals surface area (Å²) in [5.41, 5.74) is 5.02. The number of nitriles is 1. The Bertz CT molecular complexity index is 1650. The first kappa shape index (κ1) is 22.8. The van der Waals surface area contributed by atoms with E-state index < -0.39 is 12.3 Å². The number of anilines is 2. The highest BCUT2D eigenvalue weighted by atomic mass is 19.1. The molecule has 0 aliphatic carbocycles. The van der Waals surface area contributed by atoms with Gasteiger partial charge in [-0.2, -0.15) is 15.5 Å². The maximum absolute atomic E-state index is 14.0. The van der Waals surface area contributed by atoms with E-state index in [1.807, 2.05) is 60.9 Å². The number of rotatable bonds is 5. The van der Waals surface area contributed by atoms with Crippen molar-refractivity contribution in [1.82, 2.24) is 34.5 Å². The molecule has 0 radical (unpaired) electrons. The van der Waals surface area contributed by atoms with Gasteiger partial charge < -0.3 is 10.1 Å². The third-order valence-corrected chi connectivity index (χ3v) is 6.25. The number of hydrogen-bond acceptors (Lipinski definition) is 8. The summed E-state index contributed by atoms with van der Waals surface area (Å²) in [6, 6.07) is 17.0. The molecule has 11 heteroatoms. The van der Waals surface area contributed by atoms with E-state index in [1.165, 1.54) is 0 Å². The van der Waals surface area contributed by atoms with Gasteiger partial charge in [0, 0.05) is 23.4 Å². The number of fused-ring (bicyclic) bond motifs is 1. The quantitative estimate of drug-likeness (QED) is 0.380. The molecule has 0 unspecified atom stereocenters. The van der Waals surface area contributed by atoms with Crippen molar-refractivity contribution in [3.63, 3.8) is 0 Å². The van der Waals surface area contributed by atoms with Gasteiger partial charge in [-0.25, -0.2) is 19.0 Å². The Hall–Kier alpha value is -4.69. The zero-order valence-corrected chi connectivity index (χ0v) is 20.1. The zero-order chi connectivity index (χ0) is 25.5.